The van der Waals surface area contributed by atoms with Crippen molar-refractivity contribution in [2.45, 2.75) is 13.5 Å². The first-order valence-corrected chi connectivity index (χ1v) is 10.2. The summed E-state index contributed by atoms with van der Waals surface area (Å²) in [6.07, 6.45) is 3.67. The molecule has 4 rings (SSSR count). The first-order chi connectivity index (χ1) is 14.2. The molecule has 0 aliphatic carbocycles. The Hall–Kier alpha value is -2.69. The van der Waals surface area contributed by atoms with Gasteiger partial charge in [0.05, 0.1) is 26.9 Å². The predicted molar refractivity (Wildman–Crippen MR) is 130 cm³/mol. The van der Waals surface area contributed by atoms with Crippen molar-refractivity contribution in [1.29, 1.82) is 5.26 Å². The maximum absolute atomic E-state index is 9.08. The molecule has 0 fully saturated rings. The van der Waals surface area contributed by atoms with Crippen LogP contribution in [0.15, 0.2) is 60.9 Å². The van der Waals surface area contributed by atoms with E-state index in [-0.39, 0.29) is 24.8 Å². The Balaban J connectivity index is 0.00000171. The van der Waals surface area contributed by atoms with Crippen molar-refractivity contribution in [3.8, 4) is 22.9 Å². The summed E-state index contributed by atoms with van der Waals surface area (Å²) < 4.78 is 7.02. The summed E-state index contributed by atoms with van der Waals surface area (Å²) >= 11 is 1.69. The third-order valence-electron chi connectivity index (χ3n) is 4.46. The van der Waals surface area contributed by atoms with Gasteiger partial charge in [-0.05, 0) is 48.4 Å². The van der Waals surface area contributed by atoms with Gasteiger partial charge in [-0.15, -0.1) is 36.2 Å². The normalized spacial score (nSPS) is 10.1. The van der Waals surface area contributed by atoms with E-state index >= 15 is 0 Å². The summed E-state index contributed by atoms with van der Waals surface area (Å²) in [7, 11) is 0. The van der Waals surface area contributed by atoms with Crippen LogP contribution in [-0.2, 0) is 6.54 Å². The molecule has 4 aromatic rings. The number of nitrogens with zero attached hydrogens (tertiary/aromatic N) is 3. The molecule has 160 valence electrons. The van der Waals surface area contributed by atoms with E-state index in [1.807, 2.05) is 49.6 Å². The molecule has 0 aliphatic heterocycles. The maximum atomic E-state index is 9.08. The molecule has 31 heavy (non-hydrogen) atoms. The lowest BCUT2D eigenvalue weighted by Crippen LogP contribution is -2.20. The second kappa shape index (κ2) is 11.6. The molecule has 2 heterocycles. The Bertz CT molecular complexity index is 1190. The number of aromatic nitrogens is 2. The smallest absolute Gasteiger partial charge is 0.121 e. The number of pyridine rings is 1. The van der Waals surface area contributed by atoms with Crippen LogP contribution in [0.1, 0.15) is 16.1 Å². The van der Waals surface area contributed by atoms with Crippen LogP contribution in [0.4, 0.5) is 0 Å². The fraction of sp³-hybridized carbons (Fsp3) is 0.174. The lowest BCUT2D eigenvalue weighted by molar-refractivity contribution is 0.314. The van der Waals surface area contributed by atoms with Gasteiger partial charge in [0.2, 0.25) is 0 Å². The van der Waals surface area contributed by atoms with Gasteiger partial charge in [0.1, 0.15) is 12.4 Å². The van der Waals surface area contributed by atoms with E-state index < -0.39 is 0 Å². The quantitative estimate of drug-likeness (QED) is 0.357. The Morgan fingerprint density at radius 3 is 2.77 bits per heavy atom. The van der Waals surface area contributed by atoms with Crippen molar-refractivity contribution in [3.63, 3.8) is 0 Å². The van der Waals surface area contributed by atoms with E-state index in [0.717, 1.165) is 39.5 Å². The number of rotatable bonds is 7. The highest BCUT2D eigenvalue weighted by Crippen LogP contribution is 2.25. The van der Waals surface area contributed by atoms with E-state index in [1.54, 1.807) is 17.4 Å². The summed E-state index contributed by atoms with van der Waals surface area (Å²) in [5.74, 6) is 0.839. The number of hydrogen-bond acceptors (Lipinski definition) is 6. The third-order valence-corrected chi connectivity index (χ3v) is 5.41. The van der Waals surface area contributed by atoms with Crippen LogP contribution in [0.5, 0.6) is 5.75 Å². The Labute approximate surface area is 197 Å². The summed E-state index contributed by atoms with van der Waals surface area (Å²) in [6, 6.07) is 17.9. The molecule has 0 atom stereocenters. The lowest BCUT2D eigenvalue weighted by atomic mass is 10.0. The zero-order valence-corrected chi connectivity index (χ0v) is 19.3. The van der Waals surface area contributed by atoms with Crippen LogP contribution in [0, 0.1) is 18.3 Å². The van der Waals surface area contributed by atoms with Gasteiger partial charge in [-0.3, -0.25) is 4.98 Å². The summed E-state index contributed by atoms with van der Waals surface area (Å²) in [5.41, 5.74) is 4.72. The monoisotopic (exact) mass is 472 g/mol. The molecule has 0 unspecified atom stereocenters. The molecule has 2 aromatic carbocycles. The zero-order chi connectivity index (χ0) is 20.1. The molecule has 5 nitrogen and oxygen atoms in total. The van der Waals surface area contributed by atoms with Crippen LogP contribution in [0.25, 0.3) is 21.3 Å². The van der Waals surface area contributed by atoms with Gasteiger partial charge in [-0.1, -0.05) is 12.1 Å². The second-order valence-electron chi connectivity index (χ2n) is 6.66. The summed E-state index contributed by atoms with van der Waals surface area (Å²) in [6.45, 7) is 4.01. The van der Waals surface area contributed by atoms with Gasteiger partial charge < -0.3 is 10.1 Å². The van der Waals surface area contributed by atoms with E-state index in [0.29, 0.717) is 18.7 Å². The first kappa shape index (κ1) is 24.6. The standard InChI is InChI=1S/C23H20N4OS.2ClH/c1-16-27-22-11-21(5-6-23(22)29-16)28-8-7-25-13-18-10-20(15-26-14-18)19-4-2-3-17(9-19)12-24;;/h2-6,9-11,14-15,25H,7-8,13H2,1H3;2*1H. The van der Waals surface area contributed by atoms with E-state index in [1.165, 1.54) is 4.70 Å². The van der Waals surface area contributed by atoms with E-state index in [9.17, 15) is 0 Å². The topological polar surface area (TPSA) is 70.8 Å². The van der Waals surface area contributed by atoms with Gasteiger partial charge >= 0.3 is 0 Å². The van der Waals surface area contributed by atoms with Crippen LogP contribution >= 0.6 is 36.2 Å². The van der Waals surface area contributed by atoms with Crippen LogP contribution < -0.4 is 10.1 Å². The number of ether oxygens (including phenoxy) is 1. The molecule has 0 saturated carbocycles. The molecule has 0 radical (unpaired) electrons. The minimum Gasteiger partial charge on any atom is -0.492 e. The minimum atomic E-state index is 0. The van der Waals surface area contributed by atoms with Crippen molar-refractivity contribution in [3.05, 3.63) is 77.1 Å². The molecule has 1 N–H and O–H groups in total. The highest BCUT2D eigenvalue weighted by molar-refractivity contribution is 7.18. The Morgan fingerprint density at radius 1 is 1.06 bits per heavy atom. The van der Waals surface area contributed by atoms with E-state index in [4.69, 9.17) is 10.00 Å². The molecular weight excluding hydrogens is 451 g/mol. The molecule has 0 aliphatic rings. The van der Waals surface area contributed by atoms with Crippen LogP contribution in [0.3, 0.4) is 0 Å². The van der Waals surface area contributed by atoms with Crippen molar-refractivity contribution < 1.29 is 4.74 Å². The molecule has 0 saturated heterocycles. The van der Waals surface area contributed by atoms with Gasteiger partial charge in [0, 0.05) is 37.1 Å². The number of halogens is 2. The summed E-state index contributed by atoms with van der Waals surface area (Å²) in [4.78, 5) is 8.83. The third kappa shape index (κ3) is 6.39. The maximum Gasteiger partial charge on any atom is 0.121 e. The average molecular weight is 473 g/mol. The average Bonchev–Trinajstić information content (AvgIpc) is 3.13. The van der Waals surface area contributed by atoms with Crippen molar-refractivity contribution in [1.82, 2.24) is 15.3 Å². The minimum absolute atomic E-state index is 0. The number of aryl methyl sites for hydroxylation is 1. The summed E-state index contributed by atoms with van der Waals surface area (Å²) in [5, 5.41) is 13.5. The predicted octanol–water partition coefficient (Wildman–Crippen LogP) is 5.55. The number of thiazole rings is 1. The molecule has 2 aromatic heterocycles. The van der Waals surface area contributed by atoms with Crippen molar-refractivity contribution in [2.24, 2.45) is 0 Å². The molecule has 0 amide bonds. The molecule has 8 heteroatoms. The number of nitriles is 1. The molecule has 0 bridgehead atoms. The van der Waals surface area contributed by atoms with Gasteiger partial charge in [-0.2, -0.15) is 5.26 Å². The first-order valence-electron chi connectivity index (χ1n) is 9.36. The highest BCUT2D eigenvalue weighted by atomic mass is 35.5. The fourth-order valence-electron chi connectivity index (χ4n) is 3.10. The van der Waals surface area contributed by atoms with Crippen LogP contribution in [-0.4, -0.2) is 23.1 Å². The number of benzene rings is 2. The fourth-order valence-corrected chi connectivity index (χ4v) is 3.90. The Kier molecular flexibility index (Phi) is 9.22. The highest BCUT2D eigenvalue weighted by Gasteiger charge is 2.04. The van der Waals surface area contributed by atoms with Crippen molar-refractivity contribution in [2.75, 3.05) is 13.2 Å². The second-order valence-corrected chi connectivity index (χ2v) is 7.90. The number of hydrogen-bond donors (Lipinski definition) is 1. The van der Waals surface area contributed by atoms with Crippen molar-refractivity contribution >= 4 is 46.4 Å². The SMILES string of the molecule is Cc1nc2cc(OCCNCc3cncc(-c4cccc(C#N)c4)c3)ccc2s1.Cl.Cl. The van der Waals surface area contributed by atoms with E-state index in [2.05, 4.69) is 33.5 Å². The molecule has 0 spiro atoms. The number of nitrogens with one attached hydrogen (secondary N) is 1. The largest absolute Gasteiger partial charge is 0.492 e. The number of fused-ring (bicyclic) bond motifs is 1. The zero-order valence-electron chi connectivity index (χ0n) is 16.9. The van der Waals surface area contributed by atoms with Gasteiger partial charge in [-0.25, -0.2) is 4.98 Å². The lowest BCUT2D eigenvalue weighted by Gasteiger charge is -2.09. The Morgan fingerprint density at radius 2 is 1.94 bits per heavy atom. The van der Waals surface area contributed by atoms with Crippen LogP contribution in [0.2, 0.25) is 0 Å². The molecular formula is C23H22Cl2N4OS. The van der Waals surface area contributed by atoms with Gasteiger partial charge in [0.15, 0.2) is 0 Å². The van der Waals surface area contributed by atoms with Gasteiger partial charge in [0.25, 0.3) is 0 Å².